The second-order valence-corrected chi connectivity index (χ2v) is 6.75. The van der Waals surface area contributed by atoms with Gasteiger partial charge in [0, 0.05) is 5.56 Å². The first kappa shape index (κ1) is 23.2. The summed E-state index contributed by atoms with van der Waals surface area (Å²) in [7, 11) is 0. The average Bonchev–Trinajstić information content (AvgIpc) is 2.66. The molecular formula is C20H22F3NO6. The number of rotatable bonds is 8. The van der Waals surface area contributed by atoms with Crippen molar-refractivity contribution in [2.45, 2.75) is 39.5 Å². The Bertz CT molecular complexity index is 876. The standard InChI is InChI=1S/C20H22F3NO6/c1-5-28-14(25)11-24-15(12-9-7-8-10-13(12)18(27)29-6-2)16(17(24)26)30-19(3,4)20(21,22)23/h7-10H,5-6,11H2,1-4H3. The van der Waals surface area contributed by atoms with Crippen molar-refractivity contribution in [3.05, 3.63) is 41.2 Å². The number of nitrogens with zero attached hydrogens (tertiary/aromatic N) is 1. The molecule has 7 nitrogen and oxygen atoms in total. The van der Waals surface area contributed by atoms with Gasteiger partial charge in [-0.15, -0.1) is 0 Å². The van der Waals surface area contributed by atoms with Crippen LogP contribution in [0, 0.1) is 0 Å². The van der Waals surface area contributed by atoms with Crippen LogP contribution in [-0.2, 0) is 23.8 Å². The van der Waals surface area contributed by atoms with Crippen LogP contribution < -0.4 is 0 Å². The summed E-state index contributed by atoms with van der Waals surface area (Å²) in [6.07, 6.45) is -4.77. The Kier molecular flexibility index (Phi) is 6.79. The van der Waals surface area contributed by atoms with Crippen molar-refractivity contribution in [2.24, 2.45) is 0 Å². The molecular weight excluding hydrogens is 407 g/mol. The van der Waals surface area contributed by atoms with Gasteiger partial charge in [-0.25, -0.2) is 4.79 Å². The summed E-state index contributed by atoms with van der Waals surface area (Å²) in [6.45, 7) is 4.31. The molecule has 1 heterocycles. The molecule has 0 aromatic heterocycles. The summed E-state index contributed by atoms with van der Waals surface area (Å²) in [5.41, 5.74) is -2.68. The maximum absolute atomic E-state index is 13.3. The first-order valence-electron chi connectivity index (χ1n) is 9.18. The molecule has 1 amide bonds. The third kappa shape index (κ3) is 4.58. The molecule has 164 valence electrons. The van der Waals surface area contributed by atoms with Crippen LogP contribution >= 0.6 is 0 Å². The fourth-order valence-corrected chi connectivity index (χ4v) is 2.63. The lowest BCUT2D eigenvalue weighted by atomic mass is 9.97. The quantitative estimate of drug-likeness (QED) is 0.590. The van der Waals surface area contributed by atoms with Gasteiger partial charge in [0.2, 0.25) is 5.76 Å². The number of ether oxygens (including phenoxy) is 3. The van der Waals surface area contributed by atoms with Crippen LogP contribution in [0.25, 0.3) is 5.70 Å². The van der Waals surface area contributed by atoms with Gasteiger partial charge in [0.05, 0.1) is 18.8 Å². The van der Waals surface area contributed by atoms with Gasteiger partial charge in [0.1, 0.15) is 12.2 Å². The van der Waals surface area contributed by atoms with E-state index in [1.165, 1.54) is 24.3 Å². The molecule has 0 aliphatic carbocycles. The number of hydrogen-bond acceptors (Lipinski definition) is 6. The zero-order valence-electron chi connectivity index (χ0n) is 17.0. The highest BCUT2D eigenvalue weighted by atomic mass is 19.4. The molecule has 0 atom stereocenters. The highest BCUT2D eigenvalue weighted by molar-refractivity contribution is 6.15. The zero-order chi connectivity index (χ0) is 22.7. The number of halogens is 3. The van der Waals surface area contributed by atoms with Crippen molar-refractivity contribution in [1.29, 1.82) is 0 Å². The van der Waals surface area contributed by atoms with Crippen molar-refractivity contribution < 1.29 is 41.8 Å². The molecule has 1 aromatic carbocycles. The number of hydrogen-bond donors (Lipinski definition) is 0. The summed E-state index contributed by atoms with van der Waals surface area (Å²) in [4.78, 5) is 37.7. The van der Waals surface area contributed by atoms with Gasteiger partial charge in [-0.3, -0.25) is 14.5 Å². The number of esters is 2. The highest BCUT2D eigenvalue weighted by Crippen LogP contribution is 2.42. The van der Waals surface area contributed by atoms with E-state index < -0.39 is 41.9 Å². The lowest BCUT2D eigenvalue weighted by molar-refractivity contribution is -0.252. The molecule has 1 aromatic rings. The molecule has 30 heavy (non-hydrogen) atoms. The van der Waals surface area contributed by atoms with Crippen molar-refractivity contribution in [1.82, 2.24) is 4.90 Å². The van der Waals surface area contributed by atoms with Gasteiger partial charge in [-0.05, 0) is 33.8 Å². The number of carbonyl (C=O) groups excluding carboxylic acids is 3. The minimum Gasteiger partial charge on any atom is -0.471 e. The molecule has 10 heteroatoms. The van der Waals surface area contributed by atoms with Crippen LogP contribution in [0.15, 0.2) is 30.0 Å². The molecule has 1 aliphatic heterocycles. The summed E-state index contributed by atoms with van der Waals surface area (Å²) >= 11 is 0. The van der Waals surface area contributed by atoms with Gasteiger partial charge < -0.3 is 14.2 Å². The minimum atomic E-state index is -4.77. The number of carbonyl (C=O) groups is 3. The predicted octanol–water partition coefficient (Wildman–Crippen LogP) is 3.29. The third-order valence-corrected chi connectivity index (χ3v) is 4.23. The molecule has 0 saturated carbocycles. The van der Waals surface area contributed by atoms with Crippen molar-refractivity contribution in [2.75, 3.05) is 19.8 Å². The van der Waals surface area contributed by atoms with E-state index in [-0.39, 0.29) is 30.0 Å². The molecule has 0 radical (unpaired) electrons. The minimum absolute atomic E-state index is 0.0154. The monoisotopic (exact) mass is 429 g/mol. The van der Waals surface area contributed by atoms with E-state index >= 15 is 0 Å². The smallest absolute Gasteiger partial charge is 0.427 e. The first-order chi connectivity index (χ1) is 13.9. The molecule has 0 fully saturated rings. The predicted molar refractivity (Wildman–Crippen MR) is 98.9 cm³/mol. The largest absolute Gasteiger partial charge is 0.471 e. The zero-order valence-corrected chi connectivity index (χ0v) is 17.0. The van der Waals surface area contributed by atoms with Gasteiger partial charge in [0.25, 0.3) is 5.91 Å². The van der Waals surface area contributed by atoms with Crippen LogP contribution in [0.5, 0.6) is 0 Å². The number of benzene rings is 1. The van der Waals surface area contributed by atoms with Crippen LogP contribution in [0.4, 0.5) is 13.2 Å². The maximum atomic E-state index is 13.3. The van der Waals surface area contributed by atoms with Crippen LogP contribution in [0.1, 0.15) is 43.6 Å². The first-order valence-corrected chi connectivity index (χ1v) is 9.18. The van der Waals surface area contributed by atoms with Crippen molar-refractivity contribution in [3.63, 3.8) is 0 Å². The van der Waals surface area contributed by atoms with E-state index in [1.54, 1.807) is 13.8 Å². The Morgan fingerprint density at radius 3 is 2.20 bits per heavy atom. The van der Waals surface area contributed by atoms with Crippen LogP contribution in [-0.4, -0.2) is 54.3 Å². The fourth-order valence-electron chi connectivity index (χ4n) is 2.63. The lowest BCUT2D eigenvalue weighted by Crippen LogP contribution is -2.50. The van der Waals surface area contributed by atoms with E-state index in [2.05, 4.69) is 0 Å². The van der Waals surface area contributed by atoms with E-state index in [9.17, 15) is 27.6 Å². The lowest BCUT2D eigenvalue weighted by Gasteiger charge is -2.39. The summed E-state index contributed by atoms with van der Waals surface area (Å²) in [5, 5.41) is 0. The Balaban J connectivity index is 2.57. The van der Waals surface area contributed by atoms with E-state index in [4.69, 9.17) is 14.2 Å². The van der Waals surface area contributed by atoms with E-state index in [0.29, 0.717) is 0 Å². The number of amides is 1. The Morgan fingerprint density at radius 2 is 1.63 bits per heavy atom. The maximum Gasteiger partial charge on any atom is 0.427 e. The molecule has 1 aliphatic rings. The van der Waals surface area contributed by atoms with Crippen molar-refractivity contribution in [3.8, 4) is 0 Å². The molecule has 0 N–H and O–H groups in total. The van der Waals surface area contributed by atoms with E-state index in [1.807, 2.05) is 0 Å². The summed E-state index contributed by atoms with van der Waals surface area (Å²) in [6, 6.07) is 5.89. The molecule has 2 rings (SSSR count). The second-order valence-electron chi connectivity index (χ2n) is 6.75. The highest BCUT2D eigenvalue weighted by Gasteiger charge is 2.53. The van der Waals surface area contributed by atoms with Gasteiger partial charge >= 0.3 is 18.1 Å². The second kappa shape index (κ2) is 8.76. The van der Waals surface area contributed by atoms with Crippen molar-refractivity contribution >= 4 is 23.5 Å². The molecule has 0 bridgehead atoms. The third-order valence-electron chi connectivity index (χ3n) is 4.23. The van der Waals surface area contributed by atoms with Gasteiger partial charge in [-0.2, -0.15) is 13.2 Å². The molecule has 0 spiro atoms. The van der Waals surface area contributed by atoms with E-state index in [0.717, 1.165) is 18.7 Å². The summed E-state index contributed by atoms with van der Waals surface area (Å²) < 4.78 is 54.8. The average molecular weight is 429 g/mol. The van der Waals surface area contributed by atoms with Crippen LogP contribution in [0.2, 0.25) is 0 Å². The SMILES string of the molecule is CCOC(=O)CN1C(=O)C(OC(C)(C)C(F)(F)F)=C1c1ccccc1C(=O)OCC. The normalized spacial score (nSPS) is 14.4. The Labute approximate surface area is 171 Å². The van der Waals surface area contributed by atoms with Gasteiger partial charge in [-0.1, -0.05) is 18.2 Å². The van der Waals surface area contributed by atoms with Gasteiger partial charge in [0.15, 0.2) is 5.60 Å². The van der Waals surface area contributed by atoms with Crippen LogP contribution in [0.3, 0.4) is 0 Å². The molecule has 0 unspecified atom stereocenters. The number of alkyl halides is 3. The summed E-state index contributed by atoms with van der Waals surface area (Å²) in [5.74, 6) is -3.01. The Morgan fingerprint density at radius 1 is 1.03 bits per heavy atom. The molecule has 0 saturated heterocycles. The fraction of sp³-hybridized carbons (Fsp3) is 0.450. The topological polar surface area (TPSA) is 82.1 Å². The Hall–Kier alpha value is -3.04.